The lowest BCUT2D eigenvalue weighted by Crippen LogP contribution is -2.14. The highest BCUT2D eigenvalue weighted by atomic mass is 16.2. The molecule has 0 atom stereocenters. The monoisotopic (exact) mass is 396 g/mol. The molecule has 3 aromatic heterocycles. The fourth-order valence-corrected chi connectivity index (χ4v) is 3.08. The van der Waals surface area contributed by atoms with Gasteiger partial charge in [0, 0.05) is 23.0 Å². The molecule has 9 nitrogen and oxygen atoms in total. The predicted molar refractivity (Wildman–Crippen MR) is 111 cm³/mol. The molecule has 0 bridgehead atoms. The number of fused-ring (bicyclic) bond motifs is 1. The predicted octanol–water partition coefficient (Wildman–Crippen LogP) is 3.14. The highest BCUT2D eigenvalue weighted by Crippen LogP contribution is 2.27. The van der Waals surface area contributed by atoms with Crippen LogP contribution in [0.25, 0.3) is 28.6 Å². The summed E-state index contributed by atoms with van der Waals surface area (Å²) in [6, 6.07) is 18.8. The number of amides is 1. The summed E-state index contributed by atoms with van der Waals surface area (Å²) in [6.07, 6.45) is 1.63. The van der Waals surface area contributed by atoms with E-state index in [1.807, 2.05) is 55.5 Å². The summed E-state index contributed by atoms with van der Waals surface area (Å²) in [6.45, 7) is 1.87. The molecule has 9 heteroatoms. The van der Waals surface area contributed by atoms with Crippen molar-refractivity contribution < 1.29 is 4.79 Å². The van der Waals surface area contributed by atoms with Gasteiger partial charge in [-0.25, -0.2) is 14.5 Å². The fraction of sp³-hybridized carbons (Fsp3) is 0.0476. The highest BCUT2D eigenvalue weighted by molar-refractivity contribution is 6.03. The molecule has 0 aliphatic rings. The number of aromatic nitrogens is 7. The van der Waals surface area contributed by atoms with Gasteiger partial charge in [0.25, 0.3) is 11.7 Å². The summed E-state index contributed by atoms with van der Waals surface area (Å²) in [4.78, 5) is 25.7. The van der Waals surface area contributed by atoms with Gasteiger partial charge in [-0.05, 0) is 25.1 Å². The summed E-state index contributed by atoms with van der Waals surface area (Å²) < 4.78 is 1.53. The van der Waals surface area contributed by atoms with Gasteiger partial charge in [-0.15, -0.1) is 5.10 Å². The van der Waals surface area contributed by atoms with E-state index in [0.29, 0.717) is 28.7 Å². The third-order valence-corrected chi connectivity index (χ3v) is 4.58. The molecule has 0 saturated heterocycles. The Hall–Kier alpha value is -4.40. The molecule has 0 aliphatic carbocycles. The van der Waals surface area contributed by atoms with Gasteiger partial charge in [-0.3, -0.25) is 9.89 Å². The number of benzene rings is 2. The smallest absolute Gasteiger partial charge is 0.295 e. The number of aryl methyl sites for hydroxylation is 1. The zero-order chi connectivity index (χ0) is 20.5. The van der Waals surface area contributed by atoms with E-state index in [-0.39, 0.29) is 5.82 Å². The number of rotatable bonds is 4. The second-order valence-corrected chi connectivity index (χ2v) is 6.61. The van der Waals surface area contributed by atoms with Crippen LogP contribution in [0.2, 0.25) is 0 Å². The van der Waals surface area contributed by atoms with Gasteiger partial charge in [0.05, 0.1) is 5.69 Å². The summed E-state index contributed by atoms with van der Waals surface area (Å²) in [5.74, 6) is 1.10. The molecule has 0 unspecified atom stereocenters. The summed E-state index contributed by atoms with van der Waals surface area (Å²) in [7, 11) is 0. The number of H-pyrrole nitrogens is 1. The molecule has 5 aromatic rings. The Balaban J connectivity index is 1.46. The minimum absolute atomic E-state index is 0.0362. The van der Waals surface area contributed by atoms with Gasteiger partial charge < -0.3 is 5.32 Å². The van der Waals surface area contributed by atoms with E-state index in [9.17, 15) is 4.79 Å². The van der Waals surface area contributed by atoms with Gasteiger partial charge in [-0.1, -0.05) is 42.5 Å². The number of aromatic amines is 1. The molecule has 2 aromatic carbocycles. The molecule has 1 amide bonds. The van der Waals surface area contributed by atoms with Crippen LogP contribution in [-0.4, -0.2) is 40.7 Å². The van der Waals surface area contributed by atoms with Crippen molar-refractivity contribution in [2.75, 3.05) is 5.32 Å². The first-order chi connectivity index (χ1) is 14.7. The molecular formula is C21H16N8O. The van der Waals surface area contributed by atoms with Crippen LogP contribution in [0.5, 0.6) is 0 Å². The van der Waals surface area contributed by atoms with E-state index in [4.69, 9.17) is 0 Å². The van der Waals surface area contributed by atoms with Crippen molar-refractivity contribution in [1.82, 2.24) is 34.8 Å². The minimum Gasteiger partial charge on any atom is -0.319 e. The van der Waals surface area contributed by atoms with Crippen molar-refractivity contribution in [3.05, 3.63) is 78.4 Å². The average Bonchev–Trinajstić information content (AvgIpc) is 3.43. The average molecular weight is 396 g/mol. The Morgan fingerprint density at radius 3 is 2.63 bits per heavy atom. The fourth-order valence-electron chi connectivity index (χ4n) is 3.08. The Morgan fingerprint density at radius 1 is 1.00 bits per heavy atom. The lowest BCUT2D eigenvalue weighted by Gasteiger charge is -2.07. The molecule has 0 saturated carbocycles. The van der Waals surface area contributed by atoms with E-state index in [1.165, 1.54) is 4.52 Å². The van der Waals surface area contributed by atoms with Gasteiger partial charge >= 0.3 is 0 Å². The molecule has 5 rings (SSSR count). The number of nitrogens with zero attached hydrogens (tertiary/aromatic N) is 6. The van der Waals surface area contributed by atoms with Gasteiger partial charge in [0.15, 0.2) is 11.6 Å². The zero-order valence-corrected chi connectivity index (χ0v) is 15.9. The molecule has 0 aliphatic heterocycles. The highest BCUT2D eigenvalue weighted by Gasteiger charge is 2.17. The minimum atomic E-state index is -0.435. The standard InChI is InChI=1S/C21H16N8O/c1-13-11-12-22-21-25-19(28-29(13)21)20(30)23-16-10-6-5-9-15(16)18-24-17(26-27-18)14-7-3-2-4-8-14/h2-12H,1H3,(H,23,30)(H,24,26,27). The quantitative estimate of drug-likeness (QED) is 0.482. The lowest BCUT2D eigenvalue weighted by molar-refractivity contribution is 0.101. The summed E-state index contributed by atoms with van der Waals surface area (Å²) >= 11 is 0. The molecule has 0 spiro atoms. The van der Waals surface area contributed by atoms with Crippen LogP contribution in [-0.2, 0) is 0 Å². The Labute approximate surface area is 170 Å². The Kier molecular flexibility index (Phi) is 4.25. The summed E-state index contributed by atoms with van der Waals surface area (Å²) in [5.41, 5.74) is 3.01. The first-order valence-corrected chi connectivity index (χ1v) is 9.26. The molecule has 0 fully saturated rings. The molecule has 3 heterocycles. The number of hydrogen-bond acceptors (Lipinski definition) is 6. The Bertz CT molecular complexity index is 1360. The maximum absolute atomic E-state index is 12.8. The number of carbonyl (C=O) groups excluding carboxylic acids is 1. The maximum atomic E-state index is 12.8. The van der Waals surface area contributed by atoms with Crippen molar-refractivity contribution in [2.24, 2.45) is 0 Å². The molecule has 2 N–H and O–H groups in total. The van der Waals surface area contributed by atoms with Crippen LogP contribution < -0.4 is 5.32 Å². The third-order valence-electron chi connectivity index (χ3n) is 4.58. The number of carbonyl (C=O) groups is 1. The number of para-hydroxylation sites is 1. The van der Waals surface area contributed by atoms with Crippen molar-refractivity contribution in [1.29, 1.82) is 0 Å². The van der Waals surface area contributed by atoms with Crippen LogP contribution in [0.1, 0.15) is 16.3 Å². The first-order valence-electron chi connectivity index (χ1n) is 9.26. The van der Waals surface area contributed by atoms with Crippen molar-refractivity contribution >= 4 is 17.4 Å². The van der Waals surface area contributed by atoms with E-state index in [0.717, 1.165) is 11.3 Å². The van der Waals surface area contributed by atoms with E-state index < -0.39 is 5.91 Å². The summed E-state index contributed by atoms with van der Waals surface area (Å²) in [5, 5.41) is 14.4. The Morgan fingerprint density at radius 2 is 1.80 bits per heavy atom. The number of anilines is 1. The molecule has 146 valence electrons. The lowest BCUT2D eigenvalue weighted by atomic mass is 10.1. The van der Waals surface area contributed by atoms with Crippen molar-refractivity contribution in [2.45, 2.75) is 6.92 Å². The van der Waals surface area contributed by atoms with E-state index in [1.54, 1.807) is 18.3 Å². The molecular weight excluding hydrogens is 380 g/mol. The van der Waals surface area contributed by atoms with Crippen LogP contribution in [0.15, 0.2) is 66.9 Å². The van der Waals surface area contributed by atoms with Gasteiger partial charge in [0.1, 0.15) is 0 Å². The normalized spacial score (nSPS) is 11.0. The molecule has 30 heavy (non-hydrogen) atoms. The second kappa shape index (κ2) is 7.21. The SMILES string of the molecule is Cc1ccnc2nc(C(=O)Nc3ccccc3-c3nc(-c4ccccc4)n[nH]3)nn12. The van der Waals surface area contributed by atoms with Gasteiger partial charge in [0.2, 0.25) is 5.82 Å². The molecule has 0 radical (unpaired) electrons. The topological polar surface area (TPSA) is 114 Å². The van der Waals surface area contributed by atoms with Crippen LogP contribution in [0.4, 0.5) is 5.69 Å². The maximum Gasteiger partial charge on any atom is 0.295 e. The van der Waals surface area contributed by atoms with Crippen LogP contribution in [0.3, 0.4) is 0 Å². The largest absolute Gasteiger partial charge is 0.319 e. The van der Waals surface area contributed by atoms with Crippen molar-refractivity contribution in [3.63, 3.8) is 0 Å². The van der Waals surface area contributed by atoms with Gasteiger partial charge in [-0.2, -0.15) is 10.1 Å². The van der Waals surface area contributed by atoms with Crippen LogP contribution in [0, 0.1) is 6.92 Å². The van der Waals surface area contributed by atoms with E-state index in [2.05, 4.69) is 35.6 Å². The van der Waals surface area contributed by atoms with E-state index >= 15 is 0 Å². The third kappa shape index (κ3) is 3.18. The number of nitrogens with one attached hydrogen (secondary N) is 2. The first kappa shape index (κ1) is 17.7. The number of hydrogen-bond donors (Lipinski definition) is 2. The second-order valence-electron chi connectivity index (χ2n) is 6.61. The van der Waals surface area contributed by atoms with Crippen LogP contribution >= 0.6 is 0 Å². The zero-order valence-electron chi connectivity index (χ0n) is 15.9. The van der Waals surface area contributed by atoms with Crippen molar-refractivity contribution in [3.8, 4) is 22.8 Å².